The minimum Gasteiger partial charge on any atom is -0.444 e. The van der Waals surface area contributed by atoms with E-state index in [9.17, 15) is 62.0 Å². The average Bonchev–Trinajstić information content (AvgIpc) is 1.65. The molecule has 143 heavy (non-hydrogen) atoms. The van der Waals surface area contributed by atoms with Crippen LogP contribution in [0.3, 0.4) is 0 Å². The van der Waals surface area contributed by atoms with Crippen molar-refractivity contribution < 1.29 is 103 Å². The first-order valence-electron chi connectivity index (χ1n) is 46.2. The van der Waals surface area contributed by atoms with Crippen molar-refractivity contribution >= 4 is 99.2 Å². The van der Waals surface area contributed by atoms with Gasteiger partial charge in [-0.3, -0.25) is 39.7 Å². The first-order valence-corrected chi connectivity index (χ1v) is 52.0. The summed E-state index contributed by atoms with van der Waals surface area (Å²) in [5.74, 6) is -3.23. The fourth-order valence-electron chi connectivity index (χ4n) is 20.1. The standard InChI is InChI=1S/C30H39FN4O5S.C26H34FN5O4S.C25H31FN4O3S.C18H25FN4O3S.3CH4.V/c1-7-23(36)17-22-13-14-25(31)24(18-22)29(5)30(15-16-35(20-30)19-21-11-9-8-10-12-21)41(38,39)34(6)26(33-29)32-27(37)40-28(2,3)4;1-24(2,3)36-23(33)29-22-30-25(4,20-15-19(28)11-12-21(20)27)26(37(34,35)31(22)5)13-14-32(17-26)16-18-9-7-6-8-10-18;1-4-20(31)14-19-10-11-22(26)21(15-19)24(2)25(34(32,33)29(3)23(27)28-24)12-13-30(17-25)16-18-8-6-5-7-9-18;1-4-13(24)9-12-5-6-15(19)14(10-12)17(2)18(7-8-21-11-18)27(25,26)23(3)16(20)22-17;;;;/h8-14,18H,7,15-17,19-20H2,1-6H3,(H,32,33,37);6-12,15H,13-14,16-17,28H2,1-5H3,(H,29,30,33);5-11,15H,4,12-14,16-17H2,1-3H3,(H2,27,28);5-6,10,21H,4,7-9,11H2,1-3H3,(H2,20,22);3*1H4;/t29-,30-;25-,26-;24-,25-;17-,18-;;;;/m1111..../s1. The summed E-state index contributed by atoms with van der Waals surface area (Å²) in [7, 11) is -10.8. The molecule has 4 fully saturated rings. The van der Waals surface area contributed by atoms with Crippen molar-refractivity contribution in [1.82, 2.24) is 47.9 Å². The second kappa shape index (κ2) is 44.7. The Labute approximate surface area is 853 Å². The van der Waals surface area contributed by atoms with Crippen molar-refractivity contribution in [3.63, 3.8) is 0 Å². The van der Waals surface area contributed by atoms with E-state index in [1.807, 2.05) is 101 Å². The van der Waals surface area contributed by atoms with E-state index in [1.165, 1.54) is 70.7 Å². The third-order valence-electron chi connectivity index (χ3n) is 28.1. The summed E-state index contributed by atoms with van der Waals surface area (Å²) in [4.78, 5) is 86.2. The van der Waals surface area contributed by atoms with Gasteiger partial charge in [-0.05, 0) is 189 Å². The topological polar surface area (TPSA) is 427 Å². The molecule has 0 aliphatic carbocycles. The molecule has 0 unspecified atom stereocenters. The normalized spacial score (nSPS) is 25.5. The summed E-state index contributed by atoms with van der Waals surface area (Å²) < 4.78 is 182. The number of ketones is 3. The summed E-state index contributed by atoms with van der Waals surface area (Å²) in [5, 5.41) is 8.03. The van der Waals surface area contributed by atoms with E-state index in [2.05, 4.69) is 30.8 Å². The van der Waals surface area contributed by atoms with E-state index in [4.69, 9.17) is 36.7 Å². The number of carbonyl (C=O) groups excluding carboxylic acids is 5. The van der Waals surface area contributed by atoms with Gasteiger partial charge in [0.05, 0.1) is 0 Å². The van der Waals surface area contributed by atoms with Crippen LogP contribution in [0.2, 0.25) is 0 Å². The number of rotatable bonds is 19. The third kappa shape index (κ3) is 22.7. The van der Waals surface area contributed by atoms with Crippen LogP contribution >= 0.6 is 0 Å². The molecule has 1 radical (unpaired) electrons. The number of nitrogens with zero attached hydrogens (tertiary/aromatic N) is 11. The maximum absolute atomic E-state index is 15.8. The molecular weight excluding hydrogens is 1960 g/mol. The van der Waals surface area contributed by atoms with Gasteiger partial charge in [-0.1, -0.05) is 152 Å². The third-order valence-corrected chi connectivity index (χ3v) is 38.6. The maximum atomic E-state index is 15.8. The van der Waals surface area contributed by atoms with E-state index < -0.39 is 128 Å². The molecule has 32 nitrogen and oxygen atoms in total. The number of halogens is 4. The molecule has 8 aliphatic rings. The second-order valence-electron chi connectivity index (χ2n) is 39.4. The number of likely N-dealkylation sites (tertiary alicyclic amines) is 3. The van der Waals surface area contributed by atoms with E-state index >= 15 is 13.2 Å². The zero-order chi connectivity index (χ0) is 102. The molecule has 8 heterocycles. The zero-order valence-electron chi connectivity index (χ0n) is 82.3. The Bertz CT molecular complexity index is 6470. The Morgan fingerprint density at radius 1 is 0.392 bits per heavy atom. The molecule has 7 aromatic rings. The van der Waals surface area contributed by atoms with Crippen LogP contribution in [0.1, 0.15) is 213 Å². The number of alkyl carbamates (subject to hydrolysis) is 2. The van der Waals surface area contributed by atoms with Crippen LogP contribution in [0.5, 0.6) is 0 Å². The van der Waals surface area contributed by atoms with Gasteiger partial charge in [0.25, 0.3) is 0 Å². The molecule has 7 aromatic carbocycles. The Morgan fingerprint density at radius 3 is 0.951 bits per heavy atom. The van der Waals surface area contributed by atoms with E-state index in [0.717, 1.165) is 33.9 Å². The van der Waals surface area contributed by atoms with Gasteiger partial charge < -0.3 is 32.0 Å². The SMILES string of the molecule is C.C.C.CCC(=O)Cc1ccc(F)c([C@@]2(C)N=C(N)N(C)S(=O)(=O)[C@@]23CCN(Cc2ccccc2)C3)c1.CCC(=O)Cc1ccc(F)c([C@@]2(C)N=C(N)N(C)S(=O)(=O)[C@@]23CCNC3)c1.CCC(=O)Cc1ccc(F)c([C@@]2(C)N=C(NC(=O)OC(C)(C)C)N(C)S(=O)(=O)[C@@]23CCN(Cc2ccccc2)C3)c1.CN1C(NC(=O)OC(C)(C)C)=N[C@](C)(c2cc(N)ccc2F)[C@]2(CCN(Cc3ccccc3)C2)S1(=O)=O.[V]. The minimum absolute atomic E-state index is 0. The molecule has 4 spiro atoms. The van der Waals surface area contributed by atoms with Gasteiger partial charge in [0.2, 0.25) is 63.9 Å². The van der Waals surface area contributed by atoms with Crippen LogP contribution in [-0.2, 0) is 144 Å². The van der Waals surface area contributed by atoms with Gasteiger partial charge in [-0.15, -0.1) is 0 Å². The molecule has 41 heteroatoms. The van der Waals surface area contributed by atoms with Gasteiger partial charge in [0.1, 0.15) is 93.0 Å². The molecule has 2 amide bonds. The predicted molar refractivity (Wildman–Crippen MR) is 548 cm³/mol. The van der Waals surface area contributed by atoms with Crippen molar-refractivity contribution in [2.45, 2.75) is 248 Å². The number of carbonyl (C=O) groups is 5. The Kier molecular flexibility index (Phi) is 36.8. The molecule has 9 N–H and O–H groups in total. The monoisotopic (exact) mass is 2100 g/mol. The van der Waals surface area contributed by atoms with E-state index in [1.54, 1.807) is 120 Å². The van der Waals surface area contributed by atoms with Crippen LogP contribution in [0, 0.1) is 23.3 Å². The largest absolute Gasteiger partial charge is 0.444 e. The molecule has 0 bridgehead atoms. The maximum Gasteiger partial charge on any atom is 0.414 e. The van der Waals surface area contributed by atoms with Crippen molar-refractivity contribution in [3.8, 4) is 0 Å². The zero-order valence-corrected chi connectivity index (χ0v) is 87.0. The van der Waals surface area contributed by atoms with Crippen LogP contribution in [0.15, 0.2) is 184 Å². The molecule has 781 valence electrons. The number of sulfonamides is 4. The molecular formula is C102H141F4N17O15S4V. The number of hydrogen-bond donors (Lipinski definition) is 6. The number of nitrogens with two attached hydrogens (primary N) is 3. The number of amides is 2. The fourth-order valence-corrected chi connectivity index (χ4v) is 28.8. The number of Topliss-reactive ketones (excluding diaryl/α,β-unsaturated/α-hetero) is 3. The molecule has 15 rings (SSSR count). The van der Waals surface area contributed by atoms with Gasteiger partial charge in [-0.25, -0.2) is 98.0 Å². The molecule has 4 saturated heterocycles. The van der Waals surface area contributed by atoms with Crippen molar-refractivity contribution in [1.29, 1.82) is 0 Å². The number of benzene rings is 7. The summed E-state index contributed by atoms with van der Waals surface area (Å²) in [6, 6.07) is 46.4. The van der Waals surface area contributed by atoms with Gasteiger partial charge in [0.15, 0.2) is 0 Å². The first-order chi connectivity index (χ1) is 64.9. The van der Waals surface area contributed by atoms with Gasteiger partial charge in [0, 0.05) is 179 Å². The smallest absolute Gasteiger partial charge is 0.414 e. The Morgan fingerprint density at radius 2 is 0.664 bits per heavy atom. The summed E-state index contributed by atoms with van der Waals surface area (Å²) in [6.07, 6.45) is 0.681. The minimum atomic E-state index is -4.22. The van der Waals surface area contributed by atoms with Crippen LogP contribution in [-0.4, -0.2) is 230 Å². The summed E-state index contributed by atoms with van der Waals surface area (Å²) in [5.41, 5.74) is 15.8. The van der Waals surface area contributed by atoms with E-state index in [-0.39, 0.29) is 181 Å². The van der Waals surface area contributed by atoms with Gasteiger partial charge in [-0.2, -0.15) is 0 Å². The Balaban J connectivity index is 0.000000233. The Hall–Kier alpha value is -10.7. The second-order valence-corrected chi connectivity index (χ2v) is 48.5. The molecule has 0 aromatic heterocycles. The van der Waals surface area contributed by atoms with E-state index in [0.29, 0.717) is 81.8 Å². The first kappa shape index (κ1) is 118. The quantitative estimate of drug-likeness (QED) is 0.0323. The number of guanidine groups is 4. The summed E-state index contributed by atoms with van der Waals surface area (Å²) >= 11 is 0. The number of anilines is 1. The van der Waals surface area contributed by atoms with Crippen LogP contribution in [0.4, 0.5) is 32.8 Å². The average molecular weight is 2100 g/mol. The summed E-state index contributed by atoms with van der Waals surface area (Å²) in [6.45, 7) is 25.9. The number of hydrogen-bond acceptors (Lipinski definition) is 26. The number of nitrogens with one attached hydrogen (secondary N) is 3. The van der Waals surface area contributed by atoms with Crippen molar-refractivity contribution in [2.24, 2.45) is 31.4 Å². The predicted octanol–water partition coefficient (Wildman–Crippen LogP) is 13.4. The molecule has 8 aliphatic heterocycles. The number of nitrogen functional groups attached to an aromatic ring is 1. The van der Waals surface area contributed by atoms with Crippen molar-refractivity contribution in [3.05, 3.63) is 243 Å². The number of aliphatic imine (C=N–C) groups is 4. The van der Waals surface area contributed by atoms with Gasteiger partial charge >= 0.3 is 12.2 Å². The molecule has 0 saturated carbocycles. The van der Waals surface area contributed by atoms with Crippen LogP contribution < -0.4 is 33.2 Å². The van der Waals surface area contributed by atoms with Crippen molar-refractivity contribution in [2.75, 3.05) is 86.3 Å². The fraction of sp³-hybridized carbons (Fsp3) is 0.500. The van der Waals surface area contributed by atoms with Crippen LogP contribution in [0.25, 0.3) is 0 Å². The number of ether oxygens (including phenoxy) is 2. The molecule has 8 atom stereocenters.